The number of sulfonamides is 1. The number of fused-ring (bicyclic) bond motifs is 1. The van der Waals surface area contributed by atoms with Crippen LogP contribution in [0.3, 0.4) is 0 Å². The van der Waals surface area contributed by atoms with Crippen LogP contribution in [0.25, 0.3) is 10.9 Å². The standard InChI is InChI=1S/C24H20N2O5S/c1-16-10-12-18(13-11-16)32(30,31)25-21-8-4-2-7-20(21)24(29)26-15-17(14-23(27)28)19-6-3-5-9-22(19)26/h2-13,15,25H,14H2,1H3,(H,27,28). The Bertz CT molecular complexity index is 1440. The molecule has 0 unspecified atom stereocenters. The first-order valence-corrected chi connectivity index (χ1v) is 11.3. The quantitative estimate of drug-likeness (QED) is 0.463. The minimum absolute atomic E-state index is 0.0838. The van der Waals surface area contributed by atoms with E-state index in [0.717, 1.165) is 5.56 Å². The first kappa shape index (κ1) is 21.3. The second-order valence-corrected chi connectivity index (χ2v) is 9.06. The number of carboxylic acids is 1. The van der Waals surface area contributed by atoms with Crippen LogP contribution in [0.2, 0.25) is 0 Å². The largest absolute Gasteiger partial charge is 0.481 e. The Morgan fingerprint density at radius 2 is 1.59 bits per heavy atom. The van der Waals surface area contributed by atoms with E-state index in [2.05, 4.69) is 4.72 Å². The smallest absolute Gasteiger partial charge is 0.307 e. The number of aliphatic carboxylic acids is 1. The van der Waals surface area contributed by atoms with Crippen LogP contribution in [-0.4, -0.2) is 30.0 Å². The van der Waals surface area contributed by atoms with E-state index < -0.39 is 21.9 Å². The van der Waals surface area contributed by atoms with Gasteiger partial charge in [-0.05, 0) is 42.8 Å². The topological polar surface area (TPSA) is 105 Å². The molecule has 3 aromatic carbocycles. The Morgan fingerprint density at radius 3 is 2.31 bits per heavy atom. The van der Waals surface area contributed by atoms with E-state index in [4.69, 9.17) is 0 Å². The highest BCUT2D eigenvalue weighted by Gasteiger charge is 2.21. The summed E-state index contributed by atoms with van der Waals surface area (Å²) in [6, 6.07) is 19.7. The fraction of sp³-hybridized carbons (Fsp3) is 0.0833. The van der Waals surface area contributed by atoms with E-state index in [-0.39, 0.29) is 22.6 Å². The molecule has 0 atom stereocenters. The minimum Gasteiger partial charge on any atom is -0.481 e. The van der Waals surface area contributed by atoms with Gasteiger partial charge in [0.25, 0.3) is 15.9 Å². The van der Waals surface area contributed by atoms with Gasteiger partial charge in [0.15, 0.2) is 0 Å². The monoisotopic (exact) mass is 448 g/mol. The Hall–Kier alpha value is -3.91. The van der Waals surface area contributed by atoms with Gasteiger partial charge in [0.05, 0.1) is 28.1 Å². The number of aryl methyl sites for hydroxylation is 1. The molecular formula is C24H20N2O5S. The Morgan fingerprint density at radius 1 is 0.938 bits per heavy atom. The highest BCUT2D eigenvalue weighted by molar-refractivity contribution is 7.92. The first-order valence-electron chi connectivity index (χ1n) is 9.80. The molecule has 1 aromatic heterocycles. The molecule has 4 aromatic rings. The maximum absolute atomic E-state index is 13.4. The van der Waals surface area contributed by atoms with Crippen LogP contribution in [0.5, 0.6) is 0 Å². The molecule has 0 radical (unpaired) electrons. The minimum atomic E-state index is -3.91. The summed E-state index contributed by atoms with van der Waals surface area (Å²) in [5.41, 5.74) is 2.25. The molecule has 32 heavy (non-hydrogen) atoms. The molecule has 4 rings (SSSR count). The van der Waals surface area contributed by atoms with E-state index in [0.29, 0.717) is 16.5 Å². The van der Waals surface area contributed by atoms with E-state index in [9.17, 15) is 23.1 Å². The van der Waals surface area contributed by atoms with Crippen LogP contribution >= 0.6 is 0 Å². The third kappa shape index (κ3) is 4.13. The number of nitrogens with one attached hydrogen (secondary N) is 1. The summed E-state index contributed by atoms with van der Waals surface area (Å²) in [5, 5.41) is 9.87. The van der Waals surface area contributed by atoms with Crippen molar-refractivity contribution in [3.63, 3.8) is 0 Å². The van der Waals surface area contributed by atoms with Crippen molar-refractivity contribution in [1.82, 2.24) is 4.57 Å². The highest BCUT2D eigenvalue weighted by Crippen LogP contribution is 2.26. The zero-order valence-corrected chi connectivity index (χ0v) is 18.0. The van der Waals surface area contributed by atoms with Gasteiger partial charge in [0, 0.05) is 11.6 Å². The summed E-state index contributed by atoms with van der Waals surface area (Å²) in [6.45, 7) is 1.86. The van der Waals surface area contributed by atoms with Crippen LogP contribution < -0.4 is 4.72 Å². The molecule has 0 amide bonds. The molecule has 0 aliphatic heterocycles. The predicted octanol–water partition coefficient (Wildman–Crippen LogP) is 4.07. The lowest BCUT2D eigenvalue weighted by molar-refractivity contribution is -0.136. The molecule has 0 saturated heterocycles. The first-order chi connectivity index (χ1) is 15.3. The lowest BCUT2D eigenvalue weighted by atomic mass is 10.1. The lowest BCUT2D eigenvalue weighted by Crippen LogP contribution is -2.18. The lowest BCUT2D eigenvalue weighted by Gasteiger charge is -2.13. The molecule has 0 bridgehead atoms. The molecule has 0 aliphatic rings. The molecule has 0 saturated carbocycles. The van der Waals surface area contributed by atoms with Gasteiger partial charge in [-0.25, -0.2) is 8.42 Å². The summed E-state index contributed by atoms with van der Waals surface area (Å²) >= 11 is 0. The third-order valence-corrected chi connectivity index (χ3v) is 6.47. The van der Waals surface area contributed by atoms with E-state index in [1.54, 1.807) is 48.5 Å². The second kappa shape index (κ2) is 8.32. The van der Waals surface area contributed by atoms with Crippen molar-refractivity contribution in [3.8, 4) is 0 Å². The SMILES string of the molecule is Cc1ccc(S(=O)(=O)Nc2ccccc2C(=O)n2cc(CC(=O)O)c3ccccc32)cc1. The van der Waals surface area contributed by atoms with Gasteiger partial charge in [0.2, 0.25) is 0 Å². The van der Waals surface area contributed by atoms with Crippen molar-refractivity contribution in [2.75, 3.05) is 4.72 Å². The highest BCUT2D eigenvalue weighted by atomic mass is 32.2. The molecular weight excluding hydrogens is 428 g/mol. The van der Waals surface area contributed by atoms with Gasteiger partial charge < -0.3 is 5.11 Å². The normalized spacial score (nSPS) is 11.4. The molecule has 0 fully saturated rings. The maximum Gasteiger partial charge on any atom is 0.307 e. The summed E-state index contributed by atoms with van der Waals surface area (Å²) in [6.07, 6.45) is 1.26. The number of anilines is 1. The molecule has 162 valence electrons. The van der Waals surface area contributed by atoms with Crippen molar-refractivity contribution >= 4 is 38.5 Å². The number of benzene rings is 3. The van der Waals surface area contributed by atoms with Crippen LogP contribution in [0, 0.1) is 6.92 Å². The van der Waals surface area contributed by atoms with Gasteiger partial charge in [0.1, 0.15) is 0 Å². The number of carbonyl (C=O) groups is 2. The average Bonchev–Trinajstić information content (AvgIpc) is 3.12. The third-order valence-electron chi connectivity index (χ3n) is 5.09. The number of aromatic nitrogens is 1. The van der Waals surface area contributed by atoms with E-state index in [1.807, 2.05) is 6.92 Å². The van der Waals surface area contributed by atoms with Crippen molar-refractivity contribution in [2.45, 2.75) is 18.2 Å². The van der Waals surface area contributed by atoms with Crippen molar-refractivity contribution in [1.29, 1.82) is 0 Å². The summed E-state index contributed by atoms with van der Waals surface area (Å²) < 4.78 is 29.6. The predicted molar refractivity (Wildman–Crippen MR) is 121 cm³/mol. The average molecular weight is 449 g/mol. The summed E-state index contributed by atoms with van der Waals surface area (Å²) in [7, 11) is -3.91. The van der Waals surface area contributed by atoms with Crippen LogP contribution in [0.4, 0.5) is 5.69 Å². The van der Waals surface area contributed by atoms with Gasteiger partial charge in [-0.2, -0.15) is 0 Å². The number of nitrogens with zero attached hydrogens (tertiary/aromatic N) is 1. The zero-order valence-electron chi connectivity index (χ0n) is 17.1. The Labute approximate surface area is 185 Å². The fourth-order valence-corrected chi connectivity index (χ4v) is 4.61. The Balaban J connectivity index is 1.76. The van der Waals surface area contributed by atoms with E-state index in [1.165, 1.54) is 35.0 Å². The van der Waals surface area contributed by atoms with Crippen LogP contribution in [0.15, 0.2) is 83.9 Å². The molecule has 7 nitrogen and oxygen atoms in total. The van der Waals surface area contributed by atoms with Gasteiger partial charge in [-0.3, -0.25) is 18.9 Å². The molecule has 2 N–H and O–H groups in total. The zero-order chi connectivity index (χ0) is 22.9. The second-order valence-electron chi connectivity index (χ2n) is 7.38. The van der Waals surface area contributed by atoms with Gasteiger partial charge in [-0.1, -0.05) is 48.0 Å². The van der Waals surface area contributed by atoms with Crippen LogP contribution in [0.1, 0.15) is 21.5 Å². The number of carbonyl (C=O) groups excluding carboxylic acids is 1. The number of carboxylic acid groups (broad SMARTS) is 1. The van der Waals surface area contributed by atoms with Gasteiger partial charge >= 0.3 is 5.97 Å². The number of hydrogen-bond acceptors (Lipinski definition) is 4. The van der Waals surface area contributed by atoms with E-state index >= 15 is 0 Å². The van der Waals surface area contributed by atoms with Gasteiger partial charge in [-0.15, -0.1) is 0 Å². The molecule has 0 aliphatic carbocycles. The van der Waals surface area contributed by atoms with Crippen LogP contribution in [-0.2, 0) is 21.2 Å². The molecule has 1 heterocycles. The van der Waals surface area contributed by atoms with Crippen molar-refractivity contribution in [2.24, 2.45) is 0 Å². The summed E-state index contributed by atoms with van der Waals surface area (Å²) in [4.78, 5) is 24.8. The number of hydrogen-bond donors (Lipinski definition) is 2. The summed E-state index contributed by atoms with van der Waals surface area (Å²) in [5.74, 6) is -1.48. The Kier molecular flexibility index (Phi) is 5.54. The molecule has 0 spiro atoms. The van der Waals surface area contributed by atoms with Crippen molar-refractivity contribution < 1.29 is 23.1 Å². The molecule has 8 heteroatoms. The fourth-order valence-electron chi connectivity index (χ4n) is 3.53. The maximum atomic E-state index is 13.4. The number of rotatable bonds is 6. The number of para-hydroxylation sites is 2. The van der Waals surface area contributed by atoms with Crippen molar-refractivity contribution in [3.05, 3.63) is 95.7 Å².